The van der Waals surface area contributed by atoms with Gasteiger partial charge in [-0.1, -0.05) is 11.6 Å². The summed E-state index contributed by atoms with van der Waals surface area (Å²) >= 11 is 9.43. The molecule has 0 atom stereocenters. The van der Waals surface area contributed by atoms with Crippen molar-refractivity contribution in [2.24, 2.45) is 0 Å². The van der Waals surface area contributed by atoms with Gasteiger partial charge in [-0.05, 0) is 22.0 Å². The summed E-state index contributed by atoms with van der Waals surface area (Å²) in [6.45, 7) is 0.258. The largest absolute Gasteiger partial charge is 0.347 e. The van der Waals surface area contributed by atoms with Crippen molar-refractivity contribution in [3.8, 4) is 0 Å². The number of hydrogen-bond acceptors (Lipinski definition) is 2. The highest BCUT2D eigenvalue weighted by Gasteiger charge is 2.12. The molecule has 0 aliphatic heterocycles. The molecule has 0 bridgehead atoms. The maximum absolute atomic E-state index is 11.7. The Kier molecular flexibility index (Phi) is 3.40. The summed E-state index contributed by atoms with van der Waals surface area (Å²) in [4.78, 5) is 17.5. The Morgan fingerprint density at radius 3 is 2.94 bits per heavy atom. The summed E-state index contributed by atoms with van der Waals surface area (Å²) in [5, 5.41) is 0.555. The van der Waals surface area contributed by atoms with E-state index in [1.54, 1.807) is 36.0 Å². The van der Waals surface area contributed by atoms with Crippen molar-refractivity contribution in [2.45, 2.75) is 6.54 Å². The zero-order valence-corrected chi connectivity index (χ0v) is 11.8. The van der Waals surface area contributed by atoms with Gasteiger partial charge in [0.1, 0.15) is 12.1 Å². The molecule has 2 heterocycles. The lowest BCUT2D eigenvalue weighted by atomic mass is 10.4. The van der Waals surface area contributed by atoms with Crippen LogP contribution in [0.4, 0.5) is 0 Å². The van der Waals surface area contributed by atoms with Crippen molar-refractivity contribution in [1.82, 2.24) is 14.5 Å². The molecule has 90 valence electrons. The average Bonchev–Trinajstić information content (AvgIpc) is 2.55. The van der Waals surface area contributed by atoms with Gasteiger partial charge < -0.3 is 9.47 Å². The summed E-state index contributed by atoms with van der Waals surface area (Å²) in [5.41, 5.74) is 1.56. The molecule has 2 aromatic rings. The summed E-state index contributed by atoms with van der Waals surface area (Å²) in [7, 11) is 3.45. The number of carbonyl (C=O) groups is 1. The fourth-order valence-corrected chi connectivity index (χ4v) is 2.10. The first kappa shape index (κ1) is 12.4. The molecule has 2 aromatic heterocycles. The number of halogens is 2. The molecule has 4 nitrogen and oxygen atoms in total. The molecule has 0 spiro atoms. The van der Waals surface area contributed by atoms with Gasteiger partial charge in [0.2, 0.25) is 5.91 Å². The topological polar surface area (TPSA) is 38.1 Å². The fourth-order valence-electron chi connectivity index (χ4n) is 1.52. The third kappa shape index (κ3) is 2.45. The number of fused-ring (bicyclic) bond motifs is 1. The van der Waals surface area contributed by atoms with Gasteiger partial charge in [-0.2, -0.15) is 0 Å². The third-order valence-electron chi connectivity index (χ3n) is 2.44. The molecule has 6 heteroatoms. The van der Waals surface area contributed by atoms with E-state index >= 15 is 0 Å². The van der Waals surface area contributed by atoms with E-state index in [2.05, 4.69) is 20.9 Å². The molecular weight excluding hydrogens is 305 g/mol. The monoisotopic (exact) mass is 315 g/mol. The first-order valence-corrected chi connectivity index (χ1v) is 6.16. The van der Waals surface area contributed by atoms with Crippen molar-refractivity contribution >= 4 is 44.5 Å². The molecule has 0 radical (unpaired) electrons. The molecule has 0 aliphatic carbocycles. The van der Waals surface area contributed by atoms with Crippen LogP contribution in [-0.2, 0) is 11.3 Å². The molecule has 0 N–H and O–H groups in total. The first-order chi connectivity index (χ1) is 7.99. The number of hydrogen-bond donors (Lipinski definition) is 0. The van der Waals surface area contributed by atoms with Gasteiger partial charge in [-0.15, -0.1) is 0 Å². The second kappa shape index (κ2) is 4.66. The number of pyridine rings is 1. The van der Waals surface area contributed by atoms with E-state index in [0.717, 1.165) is 9.99 Å². The van der Waals surface area contributed by atoms with Gasteiger partial charge in [0.25, 0.3) is 0 Å². The number of carbonyl (C=O) groups excluding carboxylic acids is 1. The van der Waals surface area contributed by atoms with Crippen LogP contribution in [0.5, 0.6) is 0 Å². The van der Waals surface area contributed by atoms with Crippen molar-refractivity contribution in [1.29, 1.82) is 0 Å². The highest BCUT2D eigenvalue weighted by molar-refractivity contribution is 9.10. The lowest BCUT2D eigenvalue weighted by Gasteiger charge is -2.11. The maximum atomic E-state index is 11.7. The summed E-state index contributed by atoms with van der Waals surface area (Å²) in [6, 6.07) is 1.90. The minimum atomic E-state index is 0.0125. The Labute approximate surface area is 112 Å². The first-order valence-electron chi connectivity index (χ1n) is 4.99. The SMILES string of the molecule is CN(C)C(=O)Cn1cc(Cl)c2ncc(Br)cc21. The van der Waals surface area contributed by atoms with Crippen molar-refractivity contribution in [3.05, 3.63) is 28.0 Å². The van der Waals surface area contributed by atoms with E-state index in [-0.39, 0.29) is 12.5 Å². The normalized spacial score (nSPS) is 10.8. The van der Waals surface area contributed by atoms with E-state index in [0.29, 0.717) is 10.5 Å². The van der Waals surface area contributed by atoms with Crippen LogP contribution in [0.2, 0.25) is 5.02 Å². The Bertz CT molecular complexity index is 579. The van der Waals surface area contributed by atoms with E-state index < -0.39 is 0 Å². The second-order valence-corrected chi connectivity index (χ2v) is 5.24. The van der Waals surface area contributed by atoms with Crippen molar-refractivity contribution in [3.63, 3.8) is 0 Å². The maximum Gasteiger partial charge on any atom is 0.241 e. The fraction of sp³-hybridized carbons (Fsp3) is 0.273. The van der Waals surface area contributed by atoms with Crippen LogP contribution >= 0.6 is 27.5 Å². The summed E-state index contributed by atoms with van der Waals surface area (Å²) in [5.74, 6) is 0.0125. The van der Waals surface area contributed by atoms with E-state index in [1.807, 2.05) is 6.07 Å². The zero-order valence-electron chi connectivity index (χ0n) is 9.44. The zero-order chi connectivity index (χ0) is 12.6. The quantitative estimate of drug-likeness (QED) is 0.854. The molecule has 0 unspecified atom stereocenters. The number of nitrogens with zero attached hydrogens (tertiary/aromatic N) is 3. The van der Waals surface area contributed by atoms with Crippen LogP contribution in [0.25, 0.3) is 11.0 Å². The van der Waals surface area contributed by atoms with Gasteiger partial charge in [-0.3, -0.25) is 9.78 Å². The highest BCUT2D eigenvalue weighted by Crippen LogP contribution is 2.26. The van der Waals surface area contributed by atoms with Crippen LogP contribution < -0.4 is 0 Å². The summed E-state index contributed by atoms with van der Waals surface area (Å²) < 4.78 is 2.66. The standard InChI is InChI=1S/C11H11BrClN3O/c1-15(2)10(17)6-16-5-8(13)11-9(16)3-7(12)4-14-11/h3-5H,6H2,1-2H3. The smallest absolute Gasteiger partial charge is 0.241 e. The molecule has 0 fully saturated rings. The van der Waals surface area contributed by atoms with Gasteiger partial charge in [0.05, 0.1) is 10.5 Å². The molecule has 0 aromatic carbocycles. The minimum Gasteiger partial charge on any atom is -0.347 e. The molecule has 2 rings (SSSR count). The Morgan fingerprint density at radius 1 is 1.59 bits per heavy atom. The van der Waals surface area contributed by atoms with Gasteiger partial charge >= 0.3 is 0 Å². The Morgan fingerprint density at radius 2 is 2.29 bits per heavy atom. The summed E-state index contributed by atoms with van der Waals surface area (Å²) in [6.07, 6.45) is 3.42. The lowest BCUT2D eigenvalue weighted by molar-refractivity contribution is -0.129. The van der Waals surface area contributed by atoms with Gasteiger partial charge in [0.15, 0.2) is 0 Å². The molecule has 1 amide bonds. The predicted molar refractivity (Wildman–Crippen MR) is 71.1 cm³/mol. The number of likely N-dealkylation sites (N-methyl/N-ethyl adjacent to an activating group) is 1. The average molecular weight is 317 g/mol. The number of rotatable bonds is 2. The lowest BCUT2D eigenvalue weighted by Crippen LogP contribution is -2.25. The number of aromatic nitrogens is 2. The Hall–Kier alpha value is -1.07. The molecule has 0 saturated heterocycles. The predicted octanol–water partition coefficient (Wildman–Crippen LogP) is 2.54. The van der Waals surface area contributed by atoms with Gasteiger partial charge in [0, 0.05) is 31.0 Å². The van der Waals surface area contributed by atoms with E-state index in [4.69, 9.17) is 11.6 Å². The van der Waals surface area contributed by atoms with Crippen LogP contribution in [0.3, 0.4) is 0 Å². The second-order valence-electron chi connectivity index (χ2n) is 3.91. The number of amides is 1. The van der Waals surface area contributed by atoms with Crippen molar-refractivity contribution in [2.75, 3.05) is 14.1 Å². The van der Waals surface area contributed by atoms with E-state index in [9.17, 15) is 4.79 Å². The van der Waals surface area contributed by atoms with Crippen LogP contribution in [0.1, 0.15) is 0 Å². The van der Waals surface area contributed by atoms with Gasteiger partial charge in [-0.25, -0.2) is 0 Å². The highest BCUT2D eigenvalue weighted by atomic mass is 79.9. The minimum absolute atomic E-state index is 0.0125. The third-order valence-corrected chi connectivity index (χ3v) is 3.15. The van der Waals surface area contributed by atoms with Crippen molar-refractivity contribution < 1.29 is 4.79 Å². The van der Waals surface area contributed by atoms with Crippen LogP contribution in [-0.4, -0.2) is 34.5 Å². The van der Waals surface area contributed by atoms with Crippen LogP contribution in [0.15, 0.2) is 22.9 Å². The molecule has 17 heavy (non-hydrogen) atoms. The molecular formula is C11H11BrClN3O. The molecule has 0 aliphatic rings. The Balaban J connectivity index is 2.47. The van der Waals surface area contributed by atoms with E-state index in [1.165, 1.54) is 0 Å². The molecule has 0 saturated carbocycles. The van der Waals surface area contributed by atoms with Crippen LogP contribution in [0, 0.1) is 0 Å².